The highest BCUT2D eigenvalue weighted by molar-refractivity contribution is 5.43. The van der Waals surface area contributed by atoms with Gasteiger partial charge in [-0.15, -0.1) is 0 Å². The van der Waals surface area contributed by atoms with Crippen LogP contribution in [-0.4, -0.2) is 37.8 Å². The molecule has 0 bridgehead atoms. The summed E-state index contributed by atoms with van der Waals surface area (Å²) >= 11 is 0. The Morgan fingerprint density at radius 1 is 1.28 bits per heavy atom. The zero-order chi connectivity index (χ0) is 12.8. The lowest BCUT2D eigenvalue weighted by Crippen LogP contribution is -2.37. The van der Waals surface area contributed by atoms with E-state index in [4.69, 9.17) is 9.72 Å². The molecule has 0 atom stereocenters. The Balaban J connectivity index is 2.16. The van der Waals surface area contributed by atoms with Crippen molar-refractivity contribution in [2.75, 3.05) is 37.7 Å². The molecule has 1 fully saturated rings. The first kappa shape index (κ1) is 13.3. The number of ether oxygens (including phenoxy) is 1. The van der Waals surface area contributed by atoms with Gasteiger partial charge in [0.25, 0.3) is 0 Å². The predicted molar refractivity (Wildman–Crippen MR) is 74.0 cm³/mol. The summed E-state index contributed by atoms with van der Waals surface area (Å²) in [7, 11) is 0. The summed E-state index contributed by atoms with van der Waals surface area (Å²) in [4.78, 5) is 7.04. The number of nitrogens with zero attached hydrogens (tertiary/aromatic N) is 2. The van der Waals surface area contributed by atoms with Crippen LogP contribution in [0.5, 0.6) is 0 Å². The van der Waals surface area contributed by atoms with E-state index in [-0.39, 0.29) is 0 Å². The molecule has 1 aliphatic rings. The Morgan fingerprint density at radius 3 is 2.72 bits per heavy atom. The van der Waals surface area contributed by atoms with Crippen LogP contribution in [-0.2, 0) is 17.7 Å². The van der Waals surface area contributed by atoms with Gasteiger partial charge in [-0.05, 0) is 30.7 Å². The van der Waals surface area contributed by atoms with E-state index in [9.17, 15) is 0 Å². The average molecular weight is 249 g/mol. The molecule has 18 heavy (non-hydrogen) atoms. The molecule has 0 radical (unpaired) electrons. The van der Waals surface area contributed by atoms with Crippen molar-refractivity contribution in [3.63, 3.8) is 0 Å². The SMILES string of the molecule is CCNCc1cc(CC)nc(N2CCOCC2)c1. The molecule has 1 saturated heterocycles. The summed E-state index contributed by atoms with van der Waals surface area (Å²) in [6, 6.07) is 4.40. The van der Waals surface area contributed by atoms with Gasteiger partial charge < -0.3 is 15.0 Å². The summed E-state index contributed by atoms with van der Waals surface area (Å²) in [5.41, 5.74) is 2.50. The van der Waals surface area contributed by atoms with Crippen LogP contribution in [0.1, 0.15) is 25.1 Å². The van der Waals surface area contributed by atoms with Gasteiger partial charge >= 0.3 is 0 Å². The Labute approximate surface area is 109 Å². The van der Waals surface area contributed by atoms with Gasteiger partial charge in [-0.3, -0.25) is 0 Å². The van der Waals surface area contributed by atoms with E-state index in [1.165, 1.54) is 11.3 Å². The quantitative estimate of drug-likeness (QED) is 0.860. The van der Waals surface area contributed by atoms with E-state index < -0.39 is 0 Å². The van der Waals surface area contributed by atoms with Crippen molar-refractivity contribution in [2.45, 2.75) is 26.8 Å². The molecule has 2 rings (SSSR count). The molecule has 1 N–H and O–H groups in total. The second-order valence-electron chi connectivity index (χ2n) is 4.56. The molecule has 0 saturated carbocycles. The molecule has 1 aliphatic heterocycles. The lowest BCUT2D eigenvalue weighted by molar-refractivity contribution is 0.122. The van der Waals surface area contributed by atoms with Gasteiger partial charge in [0, 0.05) is 25.3 Å². The molecule has 100 valence electrons. The molecule has 0 aromatic carbocycles. The van der Waals surface area contributed by atoms with Crippen LogP contribution in [0, 0.1) is 0 Å². The molecule has 2 heterocycles. The Morgan fingerprint density at radius 2 is 2.06 bits per heavy atom. The first-order valence-electron chi connectivity index (χ1n) is 6.86. The van der Waals surface area contributed by atoms with Gasteiger partial charge in [0.2, 0.25) is 0 Å². The first-order chi connectivity index (χ1) is 8.83. The second-order valence-corrected chi connectivity index (χ2v) is 4.56. The van der Waals surface area contributed by atoms with Gasteiger partial charge in [-0.25, -0.2) is 4.98 Å². The number of hydrogen-bond donors (Lipinski definition) is 1. The first-order valence-corrected chi connectivity index (χ1v) is 6.86. The van der Waals surface area contributed by atoms with Crippen molar-refractivity contribution in [1.82, 2.24) is 10.3 Å². The van der Waals surface area contributed by atoms with Gasteiger partial charge in [-0.1, -0.05) is 13.8 Å². The normalized spacial score (nSPS) is 16.0. The molecule has 0 spiro atoms. The van der Waals surface area contributed by atoms with Crippen molar-refractivity contribution in [3.05, 3.63) is 23.4 Å². The number of rotatable bonds is 5. The third kappa shape index (κ3) is 3.43. The zero-order valence-electron chi connectivity index (χ0n) is 11.4. The van der Waals surface area contributed by atoms with E-state index in [0.717, 1.165) is 51.6 Å². The molecule has 0 amide bonds. The van der Waals surface area contributed by atoms with Crippen LogP contribution in [0.25, 0.3) is 0 Å². The highest BCUT2D eigenvalue weighted by Crippen LogP contribution is 2.17. The fourth-order valence-electron chi connectivity index (χ4n) is 2.14. The largest absolute Gasteiger partial charge is 0.378 e. The summed E-state index contributed by atoms with van der Waals surface area (Å²) in [5.74, 6) is 1.10. The van der Waals surface area contributed by atoms with Crippen LogP contribution >= 0.6 is 0 Å². The smallest absolute Gasteiger partial charge is 0.129 e. The van der Waals surface area contributed by atoms with Crippen LogP contribution in [0.3, 0.4) is 0 Å². The summed E-state index contributed by atoms with van der Waals surface area (Å²) in [6.45, 7) is 9.70. The minimum atomic E-state index is 0.806. The monoisotopic (exact) mass is 249 g/mol. The highest BCUT2D eigenvalue weighted by atomic mass is 16.5. The third-order valence-electron chi connectivity index (χ3n) is 3.20. The van der Waals surface area contributed by atoms with Crippen LogP contribution in [0.15, 0.2) is 12.1 Å². The lowest BCUT2D eigenvalue weighted by atomic mass is 10.2. The predicted octanol–water partition coefficient (Wildman–Crippen LogP) is 1.59. The third-order valence-corrected chi connectivity index (χ3v) is 3.20. The highest BCUT2D eigenvalue weighted by Gasteiger charge is 2.13. The van der Waals surface area contributed by atoms with Gasteiger partial charge in [0.15, 0.2) is 0 Å². The van der Waals surface area contributed by atoms with Crippen molar-refractivity contribution >= 4 is 5.82 Å². The van der Waals surface area contributed by atoms with Crippen LogP contribution in [0.4, 0.5) is 5.82 Å². The summed E-state index contributed by atoms with van der Waals surface area (Å²) in [5, 5.41) is 3.38. The fourth-order valence-corrected chi connectivity index (χ4v) is 2.14. The number of morpholine rings is 1. The van der Waals surface area contributed by atoms with Crippen molar-refractivity contribution in [1.29, 1.82) is 0 Å². The van der Waals surface area contributed by atoms with E-state index in [2.05, 4.69) is 36.2 Å². The zero-order valence-corrected chi connectivity index (χ0v) is 11.4. The minimum Gasteiger partial charge on any atom is -0.378 e. The Kier molecular flexibility index (Phi) is 4.96. The maximum absolute atomic E-state index is 5.39. The van der Waals surface area contributed by atoms with Gasteiger partial charge in [0.05, 0.1) is 13.2 Å². The van der Waals surface area contributed by atoms with Gasteiger partial charge in [-0.2, -0.15) is 0 Å². The van der Waals surface area contributed by atoms with Crippen molar-refractivity contribution in [3.8, 4) is 0 Å². The number of hydrogen-bond acceptors (Lipinski definition) is 4. The van der Waals surface area contributed by atoms with Gasteiger partial charge in [0.1, 0.15) is 5.82 Å². The second kappa shape index (κ2) is 6.71. The van der Waals surface area contributed by atoms with E-state index >= 15 is 0 Å². The number of nitrogens with one attached hydrogen (secondary N) is 1. The molecule has 1 aromatic heterocycles. The fraction of sp³-hybridized carbons (Fsp3) is 0.643. The summed E-state index contributed by atoms with van der Waals surface area (Å²) < 4.78 is 5.39. The molecular weight excluding hydrogens is 226 g/mol. The maximum Gasteiger partial charge on any atom is 0.129 e. The number of aryl methyl sites for hydroxylation is 1. The van der Waals surface area contributed by atoms with E-state index in [1.54, 1.807) is 0 Å². The molecule has 1 aromatic rings. The van der Waals surface area contributed by atoms with Crippen molar-refractivity contribution in [2.24, 2.45) is 0 Å². The molecule has 0 aliphatic carbocycles. The molecule has 0 unspecified atom stereocenters. The number of anilines is 1. The molecular formula is C14H23N3O. The van der Waals surface area contributed by atoms with Crippen molar-refractivity contribution < 1.29 is 4.74 Å². The number of pyridine rings is 1. The molecule has 4 nitrogen and oxygen atoms in total. The summed E-state index contributed by atoms with van der Waals surface area (Å²) in [6.07, 6.45) is 0.983. The Bertz CT molecular complexity index is 375. The number of aromatic nitrogens is 1. The lowest BCUT2D eigenvalue weighted by Gasteiger charge is -2.28. The van der Waals surface area contributed by atoms with Crippen LogP contribution < -0.4 is 10.2 Å². The molecule has 4 heteroatoms. The standard InChI is InChI=1S/C14H23N3O/c1-3-13-9-12(11-15-4-2)10-14(16-13)17-5-7-18-8-6-17/h9-10,15H,3-8,11H2,1-2H3. The Hall–Kier alpha value is -1.13. The van der Waals surface area contributed by atoms with Crippen LogP contribution in [0.2, 0.25) is 0 Å². The topological polar surface area (TPSA) is 37.4 Å². The van der Waals surface area contributed by atoms with E-state index in [1.807, 2.05) is 0 Å². The minimum absolute atomic E-state index is 0.806. The maximum atomic E-state index is 5.39. The van der Waals surface area contributed by atoms with E-state index in [0.29, 0.717) is 0 Å². The average Bonchev–Trinajstić information content (AvgIpc) is 2.45.